The number of methoxy groups -OCH3 is 1. The van der Waals surface area contributed by atoms with Gasteiger partial charge in [-0.3, -0.25) is 9.59 Å². The topological polar surface area (TPSA) is 92.7 Å². The van der Waals surface area contributed by atoms with Gasteiger partial charge in [-0.1, -0.05) is 0 Å². The molecule has 0 aliphatic carbocycles. The number of carboxylic acids is 1. The van der Waals surface area contributed by atoms with Crippen molar-refractivity contribution in [3.63, 3.8) is 0 Å². The normalized spacial score (nSPS) is 31.0. The average Bonchev–Trinajstić information content (AvgIpc) is 2.42. The van der Waals surface area contributed by atoms with Gasteiger partial charge in [0.25, 0.3) is 0 Å². The van der Waals surface area contributed by atoms with Gasteiger partial charge in [-0.2, -0.15) is 0 Å². The first-order valence-corrected chi connectivity index (χ1v) is 4.04. The van der Waals surface area contributed by atoms with Crippen LogP contribution in [0.4, 0.5) is 0 Å². The highest BCUT2D eigenvalue weighted by molar-refractivity contribution is 5.98. The zero-order valence-electron chi connectivity index (χ0n) is 7.86. The minimum atomic E-state index is -1.55. The van der Waals surface area contributed by atoms with Crippen molar-refractivity contribution >= 4 is 17.8 Å². The number of ether oxygens (including phenoxy) is 1. The molecular formula is C8H11NO5. The van der Waals surface area contributed by atoms with Crippen molar-refractivity contribution < 1.29 is 24.2 Å². The number of carboxylic acid groups (broad SMARTS) is 1. The van der Waals surface area contributed by atoms with Crippen LogP contribution < -0.4 is 5.32 Å². The van der Waals surface area contributed by atoms with Gasteiger partial charge in [0.2, 0.25) is 5.91 Å². The SMILES string of the molecule is COC(=O)[C@H]1CC(=O)N[C@]1(C)C(=O)O. The molecule has 0 saturated carbocycles. The zero-order valence-corrected chi connectivity index (χ0v) is 7.86. The molecule has 1 fully saturated rings. The molecule has 1 amide bonds. The minimum absolute atomic E-state index is 0.143. The van der Waals surface area contributed by atoms with Crippen LogP contribution in [0, 0.1) is 5.92 Å². The van der Waals surface area contributed by atoms with E-state index >= 15 is 0 Å². The summed E-state index contributed by atoms with van der Waals surface area (Å²) < 4.78 is 4.43. The number of carbonyl (C=O) groups excluding carboxylic acids is 2. The van der Waals surface area contributed by atoms with Gasteiger partial charge in [0.1, 0.15) is 5.54 Å². The number of carbonyl (C=O) groups is 3. The van der Waals surface area contributed by atoms with Gasteiger partial charge in [0.15, 0.2) is 0 Å². The maximum atomic E-state index is 11.2. The molecule has 0 radical (unpaired) electrons. The summed E-state index contributed by atoms with van der Waals surface area (Å²) in [6.45, 7) is 1.29. The standard InChI is InChI=1S/C8H11NO5/c1-8(7(12)13)4(6(11)14-2)3-5(10)9-8/h4H,3H2,1-2H3,(H,9,10)(H,12,13)/t4-,8+/m1/s1. The lowest BCUT2D eigenvalue weighted by molar-refractivity contribution is -0.156. The third-order valence-electron chi connectivity index (χ3n) is 2.42. The number of esters is 1. The molecule has 1 rings (SSSR count). The number of nitrogens with one attached hydrogen (secondary N) is 1. The molecule has 1 saturated heterocycles. The summed E-state index contributed by atoms with van der Waals surface area (Å²) in [6, 6.07) is 0. The van der Waals surface area contributed by atoms with Crippen molar-refractivity contribution in [3.8, 4) is 0 Å². The molecule has 0 bridgehead atoms. The quantitative estimate of drug-likeness (QED) is 0.567. The van der Waals surface area contributed by atoms with Crippen molar-refractivity contribution in [2.45, 2.75) is 18.9 Å². The van der Waals surface area contributed by atoms with E-state index < -0.39 is 29.3 Å². The van der Waals surface area contributed by atoms with E-state index in [4.69, 9.17) is 5.11 Å². The highest BCUT2D eigenvalue weighted by Crippen LogP contribution is 2.28. The lowest BCUT2D eigenvalue weighted by Crippen LogP contribution is -2.52. The highest BCUT2D eigenvalue weighted by Gasteiger charge is 2.53. The van der Waals surface area contributed by atoms with E-state index in [2.05, 4.69) is 10.1 Å². The molecule has 6 nitrogen and oxygen atoms in total. The summed E-state index contributed by atoms with van der Waals surface area (Å²) in [4.78, 5) is 33.1. The Balaban J connectivity index is 2.99. The van der Waals surface area contributed by atoms with Crippen LogP contribution in [0.25, 0.3) is 0 Å². The summed E-state index contributed by atoms with van der Waals surface area (Å²) in [5.74, 6) is -3.34. The average molecular weight is 201 g/mol. The van der Waals surface area contributed by atoms with E-state index in [9.17, 15) is 14.4 Å². The molecule has 78 valence electrons. The van der Waals surface area contributed by atoms with Crippen molar-refractivity contribution in [2.75, 3.05) is 7.11 Å². The molecule has 1 aliphatic heterocycles. The molecule has 6 heteroatoms. The monoisotopic (exact) mass is 201 g/mol. The molecule has 1 heterocycles. The largest absolute Gasteiger partial charge is 0.479 e. The van der Waals surface area contributed by atoms with Gasteiger partial charge in [-0.25, -0.2) is 4.79 Å². The molecule has 2 atom stereocenters. The van der Waals surface area contributed by atoms with Crippen LogP contribution in [0.2, 0.25) is 0 Å². The van der Waals surface area contributed by atoms with Crippen LogP contribution in [-0.2, 0) is 19.1 Å². The van der Waals surface area contributed by atoms with Gasteiger partial charge >= 0.3 is 11.9 Å². The summed E-state index contributed by atoms with van der Waals surface area (Å²) in [6.07, 6.45) is -0.143. The lowest BCUT2D eigenvalue weighted by atomic mass is 9.87. The molecular weight excluding hydrogens is 190 g/mol. The van der Waals surface area contributed by atoms with Gasteiger partial charge in [-0.15, -0.1) is 0 Å². The van der Waals surface area contributed by atoms with E-state index in [-0.39, 0.29) is 6.42 Å². The van der Waals surface area contributed by atoms with E-state index in [0.29, 0.717) is 0 Å². The fourth-order valence-electron chi connectivity index (χ4n) is 1.48. The van der Waals surface area contributed by atoms with Crippen LogP contribution in [-0.4, -0.2) is 35.6 Å². The summed E-state index contributed by atoms with van der Waals surface area (Å²) >= 11 is 0. The molecule has 0 aromatic carbocycles. The number of amides is 1. The van der Waals surface area contributed by atoms with Crippen molar-refractivity contribution in [1.29, 1.82) is 0 Å². The molecule has 0 aromatic rings. The molecule has 0 aromatic heterocycles. The summed E-state index contributed by atoms with van der Waals surface area (Å²) in [7, 11) is 1.16. The summed E-state index contributed by atoms with van der Waals surface area (Å²) in [5.41, 5.74) is -1.55. The number of rotatable bonds is 2. The van der Waals surface area contributed by atoms with E-state index in [0.717, 1.165) is 7.11 Å². The van der Waals surface area contributed by atoms with Gasteiger partial charge in [0.05, 0.1) is 13.0 Å². The third kappa shape index (κ3) is 1.43. The van der Waals surface area contributed by atoms with Crippen LogP contribution in [0.1, 0.15) is 13.3 Å². The number of aliphatic carboxylic acids is 1. The Morgan fingerprint density at radius 2 is 2.21 bits per heavy atom. The molecule has 2 N–H and O–H groups in total. The lowest BCUT2D eigenvalue weighted by Gasteiger charge is -2.23. The highest BCUT2D eigenvalue weighted by atomic mass is 16.5. The van der Waals surface area contributed by atoms with Crippen LogP contribution in [0.5, 0.6) is 0 Å². The first-order chi connectivity index (χ1) is 6.41. The van der Waals surface area contributed by atoms with Crippen LogP contribution in [0.15, 0.2) is 0 Å². The second-order valence-corrected chi connectivity index (χ2v) is 3.34. The van der Waals surface area contributed by atoms with Crippen molar-refractivity contribution in [2.24, 2.45) is 5.92 Å². The Morgan fingerprint density at radius 1 is 1.64 bits per heavy atom. The van der Waals surface area contributed by atoms with Gasteiger partial charge in [-0.05, 0) is 6.92 Å². The Kier molecular flexibility index (Phi) is 2.46. The number of hydrogen-bond acceptors (Lipinski definition) is 4. The van der Waals surface area contributed by atoms with E-state index in [1.807, 2.05) is 0 Å². The maximum absolute atomic E-state index is 11.2. The predicted molar refractivity (Wildman–Crippen MR) is 44.3 cm³/mol. The number of hydrogen-bond donors (Lipinski definition) is 2. The predicted octanol–water partition coefficient (Wildman–Crippen LogP) is -0.861. The fourth-order valence-corrected chi connectivity index (χ4v) is 1.48. The third-order valence-corrected chi connectivity index (χ3v) is 2.42. The van der Waals surface area contributed by atoms with Crippen LogP contribution >= 0.6 is 0 Å². The second-order valence-electron chi connectivity index (χ2n) is 3.34. The maximum Gasteiger partial charge on any atom is 0.330 e. The Morgan fingerprint density at radius 3 is 2.64 bits per heavy atom. The Labute approximate surface area is 80.2 Å². The first kappa shape index (κ1) is 10.5. The molecule has 1 aliphatic rings. The van der Waals surface area contributed by atoms with Gasteiger partial charge in [0, 0.05) is 6.42 Å². The molecule has 0 unspecified atom stereocenters. The first-order valence-electron chi connectivity index (χ1n) is 4.04. The Bertz CT molecular complexity index is 300. The fraction of sp³-hybridized carbons (Fsp3) is 0.625. The van der Waals surface area contributed by atoms with E-state index in [1.165, 1.54) is 6.92 Å². The van der Waals surface area contributed by atoms with E-state index in [1.54, 1.807) is 0 Å². The Hall–Kier alpha value is -1.59. The minimum Gasteiger partial charge on any atom is -0.479 e. The smallest absolute Gasteiger partial charge is 0.330 e. The molecule has 14 heavy (non-hydrogen) atoms. The van der Waals surface area contributed by atoms with Gasteiger partial charge < -0.3 is 15.2 Å². The van der Waals surface area contributed by atoms with Crippen molar-refractivity contribution in [3.05, 3.63) is 0 Å². The zero-order chi connectivity index (χ0) is 10.9. The van der Waals surface area contributed by atoms with Crippen LogP contribution in [0.3, 0.4) is 0 Å². The summed E-state index contributed by atoms with van der Waals surface area (Å²) in [5, 5.41) is 11.1. The second kappa shape index (κ2) is 3.28. The molecule has 0 spiro atoms. The van der Waals surface area contributed by atoms with Crippen molar-refractivity contribution in [1.82, 2.24) is 5.32 Å².